The number of anilines is 1. The Balaban J connectivity index is 2.82. The first kappa shape index (κ1) is 8.55. The molecule has 1 aromatic carbocycles. The number of nitrogen functional groups attached to an aromatic ring is 1. The molecular formula is C9H9N3O2. The minimum atomic E-state index is -0.444. The number of rotatable bonds is 1. The number of benzene rings is 1. The number of nitrogens with zero attached hydrogens (tertiary/aromatic N) is 1. The second kappa shape index (κ2) is 3.02. The van der Waals surface area contributed by atoms with Crippen molar-refractivity contribution in [3.05, 3.63) is 28.7 Å². The molecule has 5 nitrogen and oxygen atoms in total. The van der Waals surface area contributed by atoms with Crippen molar-refractivity contribution >= 4 is 16.7 Å². The maximum atomic E-state index is 11.0. The predicted octanol–water partition coefficient (Wildman–Crippen LogP) is 0.514. The lowest BCUT2D eigenvalue weighted by Gasteiger charge is -2.03. The van der Waals surface area contributed by atoms with Crippen molar-refractivity contribution in [3.63, 3.8) is 0 Å². The minimum Gasteiger partial charge on any atom is -0.497 e. The van der Waals surface area contributed by atoms with Crippen LogP contribution in [0.1, 0.15) is 0 Å². The number of aromatic nitrogens is 2. The fourth-order valence-corrected chi connectivity index (χ4v) is 1.28. The van der Waals surface area contributed by atoms with Crippen LogP contribution in [0.4, 0.5) is 5.82 Å². The number of hydrogen-bond acceptors (Lipinski definition) is 4. The Morgan fingerprint density at radius 1 is 1.50 bits per heavy atom. The van der Waals surface area contributed by atoms with E-state index in [4.69, 9.17) is 10.5 Å². The van der Waals surface area contributed by atoms with Crippen LogP contribution in [-0.4, -0.2) is 17.1 Å². The molecule has 0 bridgehead atoms. The first-order valence-electron chi connectivity index (χ1n) is 4.04. The smallest absolute Gasteiger partial charge is 0.347 e. The van der Waals surface area contributed by atoms with Gasteiger partial charge < -0.3 is 15.5 Å². The molecule has 0 unspecified atom stereocenters. The summed E-state index contributed by atoms with van der Waals surface area (Å²) >= 11 is 0. The van der Waals surface area contributed by atoms with Gasteiger partial charge >= 0.3 is 5.69 Å². The Kier molecular flexibility index (Phi) is 1.85. The molecule has 5 heteroatoms. The second-order valence-corrected chi connectivity index (χ2v) is 2.84. The highest BCUT2D eigenvalue weighted by Crippen LogP contribution is 2.20. The standard InChI is InChI=1S/C9H9N3O2/c1-14-5-2-3-7-6(4-5)8(10)12-9(13)11-7/h2-4H,1H3,(H3,10,11,12,13). The molecule has 0 saturated carbocycles. The molecule has 2 rings (SSSR count). The van der Waals surface area contributed by atoms with E-state index >= 15 is 0 Å². The van der Waals surface area contributed by atoms with Crippen molar-refractivity contribution < 1.29 is 4.74 Å². The Labute approximate surface area is 79.5 Å². The van der Waals surface area contributed by atoms with Gasteiger partial charge in [0.15, 0.2) is 0 Å². The lowest BCUT2D eigenvalue weighted by Crippen LogP contribution is -2.12. The van der Waals surface area contributed by atoms with Crippen LogP contribution in [0.15, 0.2) is 23.0 Å². The Hall–Kier alpha value is -2.04. The van der Waals surface area contributed by atoms with Crippen LogP contribution in [0.3, 0.4) is 0 Å². The number of aromatic amines is 1. The molecule has 1 aromatic heterocycles. The summed E-state index contributed by atoms with van der Waals surface area (Å²) in [4.78, 5) is 17.1. The molecule has 0 amide bonds. The van der Waals surface area contributed by atoms with Gasteiger partial charge in [0.25, 0.3) is 0 Å². The van der Waals surface area contributed by atoms with Crippen molar-refractivity contribution in [1.82, 2.24) is 9.97 Å². The van der Waals surface area contributed by atoms with Gasteiger partial charge in [-0.2, -0.15) is 4.98 Å². The van der Waals surface area contributed by atoms with Gasteiger partial charge in [0.2, 0.25) is 0 Å². The van der Waals surface area contributed by atoms with E-state index in [0.717, 1.165) is 0 Å². The zero-order chi connectivity index (χ0) is 10.1. The van der Waals surface area contributed by atoms with E-state index in [9.17, 15) is 4.79 Å². The molecule has 14 heavy (non-hydrogen) atoms. The lowest BCUT2D eigenvalue weighted by atomic mass is 10.2. The largest absolute Gasteiger partial charge is 0.497 e. The lowest BCUT2D eigenvalue weighted by molar-refractivity contribution is 0.415. The van der Waals surface area contributed by atoms with Crippen molar-refractivity contribution in [1.29, 1.82) is 0 Å². The quantitative estimate of drug-likeness (QED) is 0.688. The molecule has 0 saturated heterocycles. The third-order valence-electron chi connectivity index (χ3n) is 1.97. The number of H-pyrrole nitrogens is 1. The van der Waals surface area contributed by atoms with Crippen LogP contribution in [0.25, 0.3) is 10.9 Å². The van der Waals surface area contributed by atoms with Crippen LogP contribution in [0.5, 0.6) is 5.75 Å². The summed E-state index contributed by atoms with van der Waals surface area (Å²) in [5, 5.41) is 0.684. The number of fused-ring (bicyclic) bond motifs is 1. The first-order chi connectivity index (χ1) is 6.70. The summed E-state index contributed by atoms with van der Waals surface area (Å²) in [5.74, 6) is 0.890. The maximum absolute atomic E-state index is 11.0. The summed E-state index contributed by atoms with van der Waals surface area (Å²) in [5.41, 5.74) is 5.81. The van der Waals surface area contributed by atoms with E-state index in [1.54, 1.807) is 25.3 Å². The van der Waals surface area contributed by atoms with Gasteiger partial charge in [-0.1, -0.05) is 0 Å². The summed E-state index contributed by atoms with van der Waals surface area (Å²) < 4.78 is 5.03. The average Bonchev–Trinajstić information content (AvgIpc) is 2.17. The highest BCUT2D eigenvalue weighted by Gasteiger charge is 2.02. The van der Waals surface area contributed by atoms with Crippen molar-refractivity contribution in [2.45, 2.75) is 0 Å². The van der Waals surface area contributed by atoms with Crippen LogP contribution < -0.4 is 16.2 Å². The molecule has 1 heterocycles. The third kappa shape index (κ3) is 1.28. The SMILES string of the molecule is COc1ccc2[nH]c(=O)nc(N)c2c1. The fraction of sp³-hybridized carbons (Fsp3) is 0.111. The molecular weight excluding hydrogens is 182 g/mol. The first-order valence-corrected chi connectivity index (χ1v) is 4.04. The summed E-state index contributed by atoms with van der Waals surface area (Å²) in [6.45, 7) is 0. The molecule has 2 aromatic rings. The van der Waals surface area contributed by atoms with Gasteiger partial charge in [0.05, 0.1) is 12.6 Å². The Morgan fingerprint density at radius 2 is 2.29 bits per heavy atom. The monoisotopic (exact) mass is 191 g/mol. The van der Waals surface area contributed by atoms with Crippen LogP contribution in [0, 0.1) is 0 Å². The number of hydrogen-bond donors (Lipinski definition) is 2. The topological polar surface area (TPSA) is 81.0 Å². The van der Waals surface area contributed by atoms with E-state index in [-0.39, 0.29) is 5.82 Å². The number of nitrogens with one attached hydrogen (secondary N) is 1. The normalized spacial score (nSPS) is 10.4. The van der Waals surface area contributed by atoms with Gasteiger partial charge in [-0.3, -0.25) is 0 Å². The van der Waals surface area contributed by atoms with Crippen molar-refractivity contribution in [2.75, 3.05) is 12.8 Å². The second-order valence-electron chi connectivity index (χ2n) is 2.84. The molecule has 0 aliphatic rings. The highest BCUT2D eigenvalue weighted by atomic mass is 16.5. The van der Waals surface area contributed by atoms with Gasteiger partial charge in [0.1, 0.15) is 11.6 Å². The van der Waals surface area contributed by atoms with Gasteiger partial charge in [-0.25, -0.2) is 4.79 Å². The third-order valence-corrected chi connectivity index (χ3v) is 1.97. The predicted molar refractivity (Wildman–Crippen MR) is 53.3 cm³/mol. The Bertz CT molecular complexity index is 533. The number of methoxy groups -OCH3 is 1. The summed E-state index contributed by atoms with van der Waals surface area (Å²) in [6.07, 6.45) is 0. The molecule has 0 fully saturated rings. The van der Waals surface area contributed by atoms with E-state index in [1.165, 1.54) is 0 Å². The van der Waals surface area contributed by atoms with Gasteiger partial charge in [0, 0.05) is 5.39 Å². The van der Waals surface area contributed by atoms with Crippen LogP contribution in [-0.2, 0) is 0 Å². The Morgan fingerprint density at radius 3 is 3.00 bits per heavy atom. The zero-order valence-corrected chi connectivity index (χ0v) is 7.57. The number of ether oxygens (including phenoxy) is 1. The van der Waals surface area contributed by atoms with E-state index in [1.807, 2.05) is 0 Å². The van der Waals surface area contributed by atoms with E-state index < -0.39 is 5.69 Å². The van der Waals surface area contributed by atoms with Gasteiger partial charge in [-0.15, -0.1) is 0 Å². The van der Waals surface area contributed by atoms with E-state index in [2.05, 4.69) is 9.97 Å². The molecule has 3 N–H and O–H groups in total. The molecule has 72 valence electrons. The summed E-state index contributed by atoms with van der Waals surface area (Å²) in [7, 11) is 1.57. The van der Waals surface area contributed by atoms with E-state index in [0.29, 0.717) is 16.7 Å². The van der Waals surface area contributed by atoms with Crippen LogP contribution >= 0.6 is 0 Å². The highest BCUT2D eigenvalue weighted by molar-refractivity contribution is 5.88. The number of nitrogens with two attached hydrogens (primary N) is 1. The minimum absolute atomic E-state index is 0.211. The molecule has 0 aliphatic carbocycles. The fourth-order valence-electron chi connectivity index (χ4n) is 1.28. The van der Waals surface area contributed by atoms with Crippen molar-refractivity contribution in [2.24, 2.45) is 0 Å². The maximum Gasteiger partial charge on any atom is 0.347 e. The molecule has 0 aliphatic heterocycles. The molecule has 0 atom stereocenters. The van der Waals surface area contributed by atoms with Gasteiger partial charge in [-0.05, 0) is 18.2 Å². The zero-order valence-electron chi connectivity index (χ0n) is 7.57. The molecule has 0 spiro atoms. The average molecular weight is 191 g/mol. The summed E-state index contributed by atoms with van der Waals surface area (Å²) in [6, 6.07) is 5.21. The van der Waals surface area contributed by atoms with Crippen LogP contribution in [0.2, 0.25) is 0 Å². The molecule has 0 radical (unpaired) electrons. The van der Waals surface area contributed by atoms with Crippen molar-refractivity contribution in [3.8, 4) is 5.75 Å².